The van der Waals surface area contributed by atoms with Crippen molar-refractivity contribution in [2.75, 3.05) is 0 Å². The van der Waals surface area contributed by atoms with Crippen LogP contribution in [0.3, 0.4) is 0 Å². The van der Waals surface area contributed by atoms with E-state index in [-0.39, 0.29) is 0 Å². The van der Waals surface area contributed by atoms with Crippen molar-refractivity contribution < 1.29 is 8.94 Å². The van der Waals surface area contributed by atoms with Crippen molar-refractivity contribution in [1.29, 1.82) is 0 Å². The molecule has 0 atom stereocenters. The van der Waals surface area contributed by atoms with E-state index in [2.05, 4.69) is 10.1 Å². The van der Waals surface area contributed by atoms with Crippen LogP contribution in [0.5, 0.6) is 0 Å². The maximum absolute atomic E-state index is 5.84. The second-order valence-electron chi connectivity index (χ2n) is 4.06. The molecule has 0 radical (unpaired) electrons. The third kappa shape index (κ3) is 1.92. The summed E-state index contributed by atoms with van der Waals surface area (Å²) < 4.78 is 10.4. The summed E-state index contributed by atoms with van der Waals surface area (Å²) in [5.74, 6) is 2.19. The average Bonchev–Trinajstić information content (AvgIpc) is 2.69. The molecule has 0 aliphatic heterocycles. The molecule has 2 heterocycles. The molecule has 5 nitrogen and oxygen atoms in total. The topological polar surface area (TPSA) is 78.1 Å². The van der Waals surface area contributed by atoms with Gasteiger partial charge in [0.25, 0.3) is 5.89 Å². The summed E-state index contributed by atoms with van der Waals surface area (Å²) in [4.78, 5) is 4.17. The lowest BCUT2D eigenvalue weighted by molar-refractivity contribution is 0.387. The van der Waals surface area contributed by atoms with Gasteiger partial charge in [-0.25, -0.2) is 0 Å². The SMILES string of the molecule is Cc1ccc(-c2nc(C(C)(C)N)no2)o1. The zero-order valence-electron chi connectivity index (χ0n) is 8.94. The van der Waals surface area contributed by atoms with E-state index >= 15 is 0 Å². The number of aromatic nitrogens is 2. The van der Waals surface area contributed by atoms with Gasteiger partial charge in [0, 0.05) is 0 Å². The standard InChI is InChI=1S/C10H13N3O2/c1-6-4-5-7(14-6)8-12-9(13-15-8)10(2,3)11/h4-5H,11H2,1-3H3. The number of aryl methyl sites for hydroxylation is 1. The van der Waals surface area contributed by atoms with Crippen LogP contribution in [0.25, 0.3) is 11.7 Å². The largest absolute Gasteiger partial charge is 0.456 e. The first-order valence-corrected chi connectivity index (χ1v) is 4.67. The summed E-state index contributed by atoms with van der Waals surface area (Å²) in [6, 6.07) is 3.63. The molecule has 0 aliphatic carbocycles. The van der Waals surface area contributed by atoms with Gasteiger partial charge in [-0.2, -0.15) is 4.98 Å². The lowest BCUT2D eigenvalue weighted by atomic mass is 10.1. The van der Waals surface area contributed by atoms with Crippen molar-refractivity contribution in [1.82, 2.24) is 10.1 Å². The van der Waals surface area contributed by atoms with Gasteiger partial charge in [-0.1, -0.05) is 5.16 Å². The van der Waals surface area contributed by atoms with Gasteiger partial charge in [-0.05, 0) is 32.9 Å². The number of furan rings is 1. The maximum atomic E-state index is 5.84. The second-order valence-corrected chi connectivity index (χ2v) is 4.06. The van der Waals surface area contributed by atoms with E-state index < -0.39 is 5.54 Å². The molecule has 0 fully saturated rings. The van der Waals surface area contributed by atoms with Gasteiger partial charge in [0.1, 0.15) is 5.76 Å². The van der Waals surface area contributed by atoms with Gasteiger partial charge in [-0.3, -0.25) is 0 Å². The normalized spacial score (nSPS) is 12.0. The van der Waals surface area contributed by atoms with Crippen LogP contribution in [-0.4, -0.2) is 10.1 Å². The van der Waals surface area contributed by atoms with Crippen LogP contribution >= 0.6 is 0 Å². The summed E-state index contributed by atoms with van der Waals surface area (Å²) in [6.07, 6.45) is 0. The first-order chi connectivity index (χ1) is 6.97. The van der Waals surface area contributed by atoms with Gasteiger partial charge >= 0.3 is 0 Å². The summed E-state index contributed by atoms with van der Waals surface area (Å²) in [5, 5.41) is 3.80. The summed E-state index contributed by atoms with van der Waals surface area (Å²) in [7, 11) is 0. The molecule has 2 rings (SSSR count). The highest BCUT2D eigenvalue weighted by Gasteiger charge is 2.22. The molecule has 0 bridgehead atoms. The Kier molecular flexibility index (Phi) is 2.12. The van der Waals surface area contributed by atoms with Crippen molar-refractivity contribution >= 4 is 0 Å². The van der Waals surface area contributed by atoms with Gasteiger partial charge < -0.3 is 14.7 Å². The Morgan fingerprint density at radius 2 is 2.07 bits per heavy atom. The molecule has 0 saturated heterocycles. The van der Waals surface area contributed by atoms with Gasteiger partial charge in [0.15, 0.2) is 11.6 Å². The van der Waals surface area contributed by atoms with Crippen molar-refractivity contribution in [3.8, 4) is 11.7 Å². The Morgan fingerprint density at radius 3 is 2.53 bits per heavy atom. The van der Waals surface area contributed by atoms with E-state index in [9.17, 15) is 0 Å². The quantitative estimate of drug-likeness (QED) is 0.812. The van der Waals surface area contributed by atoms with Gasteiger partial charge in [-0.15, -0.1) is 0 Å². The van der Waals surface area contributed by atoms with Crippen LogP contribution in [0.4, 0.5) is 0 Å². The highest BCUT2D eigenvalue weighted by molar-refractivity contribution is 5.44. The van der Waals surface area contributed by atoms with E-state index in [0.717, 1.165) is 5.76 Å². The molecule has 0 amide bonds. The van der Waals surface area contributed by atoms with Crippen LogP contribution in [0.2, 0.25) is 0 Å². The van der Waals surface area contributed by atoms with E-state index in [0.29, 0.717) is 17.5 Å². The summed E-state index contributed by atoms with van der Waals surface area (Å²) >= 11 is 0. The Morgan fingerprint density at radius 1 is 1.33 bits per heavy atom. The van der Waals surface area contributed by atoms with Crippen molar-refractivity contribution in [2.45, 2.75) is 26.3 Å². The Balaban J connectivity index is 2.36. The number of rotatable bonds is 2. The number of hydrogen-bond donors (Lipinski definition) is 1. The maximum Gasteiger partial charge on any atom is 0.293 e. The fourth-order valence-electron chi connectivity index (χ4n) is 1.13. The highest BCUT2D eigenvalue weighted by atomic mass is 16.5. The molecule has 5 heteroatoms. The minimum absolute atomic E-state index is 0.358. The molecule has 0 saturated carbocycles. The van der Waals surface area contributed by atoms with Crippen LogP contribution in [0.15, 0.2) is 21.1 Å². The fourth-order valence-corrected chi connectivity index (χ4v) is 1.13. The molecule has 2 aromatic heterocycles. The van der Waals surface area contributed by atoms with E-state index in [1.165, 1.54) is 0 Å². The van der Waals surface area contributed by atoms with Gasteiger partial charge in [0.2, 0.25) is 0 Å². The van der Waals surface area contributed by atoms with Crippen LogP contribution in [-0.2, 0) is 5.54 Å². The van der Waals surface area contributed by atoms with E-state index in [1.807, 2.05) is 26.8 Å². The molecule has 0 spiro atoms. The first kappa shape index (κ1) is 9.92. The number of hydrogen-bond acceptors (Lipinski definition) is 5. The Hall–Kier alpha value is -1.62. The smallest absolute Gasteiger partial charge is 0.293 e. The third-order valence-corrected chi connectivity index (χ3v) is 1.95. The van der Waals surface area contributed by atoms with E-state index in [4.69, 9.17) is 14.7 Å². The lowest BCUT2D eigenvalue weighted by Crippen LogP contribution is -2.30. The third-order valence-electron chi connectivity index (χ3n) is 1.95. The summed E-state index contributed by atoms with van der Waals surface area (Å²) in [5.41, 5.74) is 5.23. The molecular weight excluding hydrogens is 194 g/mol. The predicted octanol–water partition coefficient (Wildman–Crippen LogP) is 1.83. The van der Waals surface area contributed by atoms with Crippen molar-refractivity contribution in [3.63, 3.8) is 0 Å². The molecule has 15 heavy (non-hydrogen) atoms. The van der Waals surface area contributed by atoms with Crippen LogP contribution in [0, 0.1) is 6.92 Å². The predicted molar refractivity (Wildman–Crippen MR) is 54.0 cm³/mol. The zero-order chi connectivity index (χ0) is 11.1. The molecule has 0 aromatic carbocycles. The second kappa shape index (κ2) is 3.20. The molecule has 2 N–H and O–H groups in total. The van der Waals surface area contributed by atoms with Gasteiger partial charge in [0.05, 0.1) is 5.54 Å². The Bertz CT molecular complexity index is 465. The highest BCUT2D eigenvalue weighted by Crippen LogP contribution is 2.22. The first-order valence-electron chi connectivity index (χ1n) is 4.67. The lowest BCUT2D eigenvalue weighted by Gasteiger charge is -2.11. The molecule has 2 aromatic rings. The summed E-state index contributed by atoms with van der Waals surface area (Å²) in [6.45, 7) is 5.48. The minimum Gasteiger partial charge on any atom is -0.456 e. The van der Waals surface area contributed by atoms with Crippen molar-refractivity contribution in [3.05, 3.63) is 23.7 Å². The average molecular weight is 207 g/mol. The fraction of sp³-hybridized carbons (Fsp3) is 0.400. The molecular formula is C10H13N3O2. The monoisotopic (exact) mass is 207 g/mol. The van der Waals surface area contributed by atoms with Crippen molar-refractivity contribution in [2.24, 2.45) is 5.73 Å². The number of nitrogens with two attached hydrogens (primary N) is 1. The Labute approximate surface area is 87.3 Å². The molecule has 80 valence electrons. The van der Waals surface area contributed by atoms with E-state index in [1.54, 1.807) is 6.07 Å². The number of nitrogens with zero attached hydrogens (tertiary/aromatic N) is 2. The van der Waals surface area contributed by atoms with Crippen LogP contribution in [0.1, 0.15) is 25.4 Å². The van der Waals surface area contributed by atoms with Crippen LogP contribution < -0.4 is 5.73 Å². The molecule has 0 aliphatic rings. The minimum atomic E-state index is -0.608. The zero-order valence-corrected chi connectivity index (χ0v) is 8.94. The molecule has 0 unspecified atom stereocenters.